The molecule has 2 aromatic heterocycles. The second-order valence-corrected chi connectivity index (χ2v) is 10.1. The molecule has 0 unspecified atom stereocenters. The summed E-state index contributed by atoms with van der Waals surface area (Å²) in [6, 6.07) is 7.10. The van der Waals surface area contributed by atoms with Crippen LogP contribution in [0.1, 0.15) is 39.9 Å². The number of aromatic nitrogens is 3. The number of aryl methyl sites for hydroxylation is 2. The van der Waals surface area contributed by atoms with Gasteiger partial charge in [-0.2, -0.15) is 8.75 Å². The molecule has 2 aromatic carbocycles. The van der Waals surface area contributed by atoms with Crippen LogP contribution in [0.5, 0.6) is 5.75 Å². The van der Waals surface area contributed by atoms with E-state index in [1.165, 1.54) is 6.20 Å². The predicted molar refractivity (Wildman–Crippen MR) is 144 cm³/mol. The highest BCUT2D eigenvalue weighted by molar-refractivity contribution is 6.99. The molecule has 9 nitrogen and oxygen atoms in total. The number of carbonyl (C=O) groups is 2. The van der Waals surface area contributed by atoms with Crippen molar-refractivity contribution in [3.8, 4) is 16.9 Å². The van der Waals surface area contributed by atoms with Crippen molar-refractivity contribution in [2.45, 2.75) is 39.7 Å². The van der Waals surface area contributed by atoms with Crippen LogP contribution in [0.2, 0.25) is 5.02 Å². The lowest BCUT2D eigenvalue weighted by molar-refractivity contribution is -0.128. The number of benzene rings is 2. The third-order valence-corrected chi connectivity index (χ3v) is 7.42. The highest BCUT2D eigenvalue weighted by Crippen LogP contribution is 2.37. The number of β-lactam (4-membered cyclic amide) rings is 1. The number of carbonyl (C=O) groups excluding carboxylic acids is 2. The fourth-order valence-electron chi connectivity index (χ4n) is 4.36. The molecule has 3 N–H and O–H groups in total. The lowest BCUT2D eigenvalue weighted by atomic mass is 9.95. The smallest absolute Gasteiger partial charge is 0.260 e. The molecule has 1 saturated heterocycles. The topological polar surface area (TPSA) is 126 Å². The molecule has 5 rings (SSSR count). The van der Waals surface area contributed by atoms with Crippen LogP contribution in [-0.4, -0.2) is 38.2 Å². The molecule has 0 radical (unpaired) electrons. The number of pyridine rings is 1. The zero-order valence-electron chi connectivity index (χ0n) is 20.4. The van der Waals surface area contributed by atoms with Gasteiger partial charge >= 0.3 is 0 Å². The molecule has 2 amide bonds. The van der Waals surface area contributed by atoms with Crippen molar-refractivity contribution in [1.29, 1.82) is 0 Å². The molecular formula is C26H24ClN5O4S. The number of fused-ring (bicyclic) bond motifs is 1. The number of halogens is 1. The van der Waals surface area contributed by atoms with E-state index in [2.05, 4.69) is 24.4 Å². The summed E-state index contributed by atoms with van der Waals surface area (Å²) in [7, 11) is 0. The summed E-state index contributed by atoms with van der Waals surface area (Å²) in [4.78, 5) is 40.6. The maximum Gasteiger partial charge on any atom is 0.260 e. The second-order valence-electron chi connectivity index (χ2n) is 9.12. The Hall–Kier alpha value is -3.76. The summed E-state index contributed by atoms with van der Waals surface area (Å²) in [6.07, 6.45) is 2.49. The molecule has 0 bridgehead atoms. The Morgan fingerprint density at radius 1 is 1.19 bits per heavy atom. The van der Waals surface area contributed by atoms with Gasteiger partial charge in [-0.05, 0) is 55.2 Å². The van der Waals surface area contributed by atoms with Crippen molar-refractivity contribution in [2.75, 3.05) is 11.9 Å². The zero-order valence-corrected chi connectivity index (χ0v) is 22.0. The third-order valence-electron chi connectivity index (χ3n) is 6.63. The average Bonchev–Trinajstić information content (AvgIpc) is 3.33. The minimum Gasteiger partial charge on any atom is -0.492 e. The summed E-state index contributed by atoms with van der Waals surface area (Å²) in [5.74, 6) is 0.224. The number of hydrogen-bond acceptors (Lipinski definition) is 7. The van der Waals surface area contributed by atoms with E-state index in [9.17, 15) is 14.4 Å². The third kappa shape index (κ3) is 4.94. The monoisotopic (exact) mass is 537 g/mol. The van der Waals surface area contributed by atoms with Gasteiger partial charge in [-0.1, -0.05) is 23.7 Å². The van der Waals surface area contributed by atoms with Gasteiger partial charge in [0.1, 0.15) is 5.75 Å². The lowest BCUT2D eigenvalue weighted by Gasteiger charge is -2.27. The van der Waals surface area contributed by atoms with Crippen LogP contribution in [0, 0.1) is 20.8 Å². The van der Waals surface area contributed by atoms with Gasteiger partial charge in [-0.3, -0.25) is 14.4 Å². The Morgan fingerprint density at radius 2 is 1.92 bits per heavy atom. The molecule has 37 heavy (non-hydrogen) atoms. The van der Waals surface area contributed by atoms with Gasteiger partial charge in [0.25, 0.3) is 11.5 Å². The first-order chi connectivity index (χ1) is 17.7. The van der Waals surface area contributed by atoms with Crippen molar-refractivity contribution in [3.05, 3.63) is 68.1 Å². The molecule has 1 fully saturated rings. The van der Waals surface area contributed by atoms with Crippen molar-refractivity contribution >= 4 is 51.9 Å². The summed E-state index contributed by atoms with van der Waals surface area (Å²) >= 11 is 7.42. The van der Waals surface area contributed by atoms with Crippen LogP contribution in [0.3, 0.4) is 0 Å². The van der Waals surface area contributed by atoms with Crippen LogP contribution in [0.4, 0.5) is 5.82 Å². The number of hydrogen-bond donors (Lipinski definition) is 3. The van der Waals surface area contributed by atoms with Gasteiger partial charge in [-0.25, -0.2) is 0 Å². The van der Waals surface area contributed by atoms with E-state index in [0.29, 0.717) is 46.4 Å². The first kappa shape index (κ1) is 24.9. The molecule has 11 heteroatoms. The number of amides is 2. The van der Waals surface area contributed by atoms with Gasteiger partial charge in [0.2, 0.25) is 5.91 Å². The van der Waals surface area contributed by atoms with Crippen molar-refractivity contribution in [1.82, 2.24) is 19.0 Å². The minimum atomic E-state index is -0.461. The van der Waals surface area contributed by atoms with E-state index in [0.717, 1.165) is 28.4 Å². The van der Waals surface area contributed by atoms with E-state index < -0.39 is 5.91 Å². The van der Waals surface area contributed by atoms with E-state index in [4.69, 9.17) is 16.3 Å². The van der Waals surface area contributed by atoms with Crippen LogP contribution in [0.15, 0.2) is 35.3 Å². The van der Waals surface area contributed by atoms with Crippen molar-refractivity contribution in [2.24, 2.45) is 0 Å². The Balaban J connectivity index is 1.63. The first-order valence-corrected chi connectivity index (χ1v) is 12.8. The normalized spacial score (nSPS) is 14.8. The van der Waals surface area contributed by atoms with Gasteiger partial charge in [0, 0.05) is 24.3 Å². The number of nitrogens with zero attached hydrogens (tertiary/aromatic N) is 2. The number of rotatable bonds is 7. The molecule has 0 saturated carbocycles. The largest absolute Gasteiger partial charge is 0.492 e. The molecule has 3 heterocycles. The highest BCUT2D eigenvalue weighted by atomic mass is 35.5. The predicted octanol–water partition coefficient (Wildman–Crippen LogP) is 4.53. The SMILES string of the molecule is Cc1cc(-c2c(OCC[C@@H]3CC(=O)N3)c3cc(C(=O)Nc4cnsn4)c(Cl)cc3[nH]c2=O)cc(C)c1C. The fourth-order valence-corrected chi connectivity index (χ4v) is 4.99. The lowest BCUT2D eigenvalue weighted by Crippen LogP contribution is -2.49. The first-order valence-electron chi connectivity index (χ1n) is 11.7. The minimum absolute atomic E-state index is 0.0125. The van der Waals surface area contributed by atoms with Gasteiger partial charge in [0.05, 0.1) is 46.2 Å². The Kier molecular flexibility index (Phi) is 6.70. The quantitative estimate of drug-likeness (QED) is 0.297. The van der Waals surface area contributed by atoms with Crippen LogP contribution in [0.25, 0.3) is 22.0 Å². The highest BCUT2D eigenvalue weighted by Gasteiger charge is 2.26. The number of ether oxygens (including phenoxy) is 1. The second kappa shape index (κ2) is 9.95. The summed E-state index contributed by atoms with van der Waals surface area (Å²) < 4.78 is 14.2. The average molecular weight is 538 g/mol. The number of anilines is 1. The van der Waals surface area contributed by atoms with E-state index >= 15 is 0 Å². The molecule has 190 valence electrons. The molecule has 4 aromatic rings. The standard InChI is InChI=1S/C26H24ClN5O4S/c1-12-6-15(7-13(2)14(12)3)23-24(36-5-4-16-8-22(33)29-16)18-9-17(19(27)10-20(18)30-26(23)35)25(34)31-21-11-28-37-32-21/h6-7,9-11,16H,4-5,8H2,1-3H3,(H,29,33)(H,30,35)(H,31,32,34)/t16-/m1/s1. The Morgan fingerprint density at radius 3 is 2.57 bits per heavy atom. The molecule has 0 spiro atoms. The van der Waals surface area contributed by atoms with E-state index in [1.807, 2.05) is 32.9 Å². The summed E-state index contributed by atoms with van der Waals surface area (Å²) in [5, 5.41) is 6.21. The van der Waals surface area contributed by atoms with Gasteiger partial charge in [0.15, 0.2) is 5.82 Å². The van der Waals surface area contributed by atoms with Crippen LogP contribution < -0.4 is 20.9 Å². The molecule has 0 aliphatic carbocycles. The van der Waals surface area contributed by atoms with Crippen molar-refractivity contribution in [3.63, 3.8) is 0 Å². The number of H-pyrrole nitrogens is 1. The van der Waals surface area contributed by atoms with Crippen molar-refractivity contribution < 1.29 is 14.3 Å². The summed E-state index contributed by atoms with van der Waals surface area (Å²) in [6.45, 7) is 6.30. The fraction of sp³-hybridized carbons (Fsp3) is 0.269. The maximum atomic E-state index is 13.4. The number of nitrogens with one attached hydrogen (secondary N) is 3. The zero-order chi connectivity index (χ0) is 26.3. The Bertz CT molecular complexity index is 1570. The van der Waals surface area contributed by atoms with E-state index in [1.54, 1.807) is 12.1 Å². The maximum absolute atomic E-state index is 13.4. The Labute approximate surface area is 221 Å². The van der Waals surface area contributed by atoms with Gasteiger partial charge in [-0.15, -0.1) is 0 Å². The molecule has 1 aliphatic rings. The van der Waals surface area contributed by atoms with Crippen LogP contribution in [-0.2, 0) is 4.79 Å². The summed E-state index contributed by atoms with van der Waals surface area (Å²) in [5.41, 5.74) is 4.64. The molecule has 1 atom stereocenters. The molecule has 1 aliphatic heterocycles. The number of aromatic amines is 1. The molecular weight excluding hydrogens is 514 g/mol. The van der Waals surface area contributed by atoms with E-state index in [-0.39, 0.29) is 34.7 Å². The van der Waals surface area contributed by atoms with Crippen LogP contribution >= 0.6 is 23.3 Å². The van der Waals surface area contributed by atoms with Gasteiger partial charge < -0.3 is 20.4 Å².